The summed E-state index contributed by atoms with van der Waals surface area (Å²) in [6.07, 6.45) is 3.88. The molecule has 2 aromatic rings. The molecule has 1 aliphatic heterocycles. The normalized spacial score (nSPS) is 15.7. The summed E-state index contributed by atoms with van der Waals surface area (Å²) < 4.78 is 33.1. The van der Waals surface area contributed by atoms with Gasteiger partial charge in [0, 0.05) is 31.5 Å². The Kier molecular flexibility index (Phi) is 7.05. The smallest absolute Gasteiger partial charge is 0.255 e. The molecule has 0 saturated carbocycles. The van der Waals surface area contributed by atoms with Crippen molar-refractivity contribution in [3.05, 3.63) is 59.2 Å². The number of carbonyl (C=O) groups is 1. The van der Waals surface area contributed by atoms with Crippen molar-refractivity contribution in [1.82, 2.24) is 4.31 Å². The maximum Gasteiger partial charge on any atom is 0.255 e. The lowest BCUT2D eigenvalue weighted by Crippen LogP contribution is -2.32. The number of rotatable bonds is 6. The van der Waals surface area contributed by atoms with Gasteiger partial charge in [0.25, 0.3) is 5.91 Å². The topological polar surface area (TPSA) is 75.7 Å². The quantitative estimate of drug-likeness (QED) is 0.773. The number of hydrogen-bond acceptors (Lipinski definition) is 4. The molecule has 7 heteroatoms. The Morgan fingerprint density at radius 1 is 1.07 bits per heavy atom. The van der Waals surface area contributed by atoms with Gasteiger partial charge in [0.1, 0.15) is 0 Å². The molecule has 6 nitrogen and oxygen atoms in total. The molecule has 3 rings (SSSR count). The first-order chi connectivity index (χ1) is 13.9. The van der Waals surface area contributed by atoms with Gasteiger partial charge in [-0.1, -0.05) is 31.0 Å². The second-order valence-corrected chi connectivity index (χ2v) is 9.29. The number of anilines is 1. The van der Waals surface area contributed by atoms with Crippen LogP contribution in [0.4, 0.5) is 5.69 Å². The Labute approximate surface area is 172 Å². The Morgan fingerprint density at radius 2 is 1.79 bits per heavy atom. The third-order valence-corrected chi connectivity index (χ3v) is 7.17. The lowest BCUT2D eigenvalue weighted by Gasteiger charge is -2.21. The fraction of sp³-hybridized carbons (Fsp3) is 0.409. The van der Waals surface area contributed by atoms with Gasteiger partial charge in [-0.2, -0.15) is 4.31 Å². The van der Waals surface area contributed by atoms with E-state index < -0.39 is 10.0 Å². The number of hydrogen-bond donors (Lipinski definition) is 1. The number of amides is 1. The molecule has 1 saturated heterocycles. The fourth-order valence-corrected chi connectivity index (χ4v) is 5.32. The minimum absolute atomic E-state index is 0.255. The van der Waals surface area contributed by atoms with E-state index in [0.717, 1.165) is 31.2 Å². The summed E-state index contributed by atoms with van der Waals surface area (Å²) in [6, 6.07) is 12.2. The highest BCUT2D eigenvalue weighted by Crippen LogP contribution is 2.26. The standard InChI is InChI=1S/C22H28N2O4S/c1-17-10-11-20(23-22(25)19-9-7-8-18(14-19)16-28-2)15-21(17)29(26,27)24-12-5-3-4-6-13-24/h7-11,14-15H,3-6,12-13,16H2,1-2H3,(H,23,25). The largest absolute Gasteiger partial charge is 0.380 e. The first-order valence-corrected chi connectivity index (χ1v) is 11.4. The molecular weight excluding hydrogens is 388 g/mol. The zero-order chi connectivity index (χ0) is 20.9. The van der Waals surface area contributed by atoms with Crippen LogP contribution in [0.2, 0.25) is 0 Å². The molecule has 0 spiro atoms. The van der Waals surface area contributed by atoms with Crippen LogP contribution >= 0.6 is 0 Å². The monoisotopic (exact) mass is 416 g/mol. The summed E-state index contributed by atoms with van der Waals surface area (Å²) in [4.78, 5) is 12.9. The Bertz CT molecular complexity index is 965. The predicted octanol–water partition coefficient (Wildman–Crippen LogP) is 3.96. The molecule has 2 aromatic carbocycles. The van der Waals surface area contributed by atoms with Gasteiger partial charge < -0.3 is 10.1 Å². The van der Waals surface area contributed by atoms with Crippen molar-refractivity contribution in [1.29, 1.82) is 0 Å². The predicted molar refractivity (Wildman–Crippen MR) is 114 cm³/mol. The molecule has 0 atom stereocenters. The first-order valence-electron chi connectivity index (χ1n) is 9.92. The highest BCUT2D eigenvalue weighted by atomic mass is 32.2. The molecule has 0 aromatic heterocycles. The zero-order valence-electron chi connectivity index (χ0n) is 17.0. The molecule has 29 heavy (non-hydrogen) atoms. The average Bonchev–Trinajstić information content (AvgIpc) is 3.00. The Hall–Kier alpha value is -2.22. The Balaban J connectivity index is 1.83. The molecule has 1 amide bonds. The van der Waals surface area contributed by atoms with Crippen molar-refractivity contribution in [2.75, 3.05) is 25.5 Å². The van der Waals surface area contributed by atoms with Crippen LogP contribution in [0.1, 0.15) is 47.2 Å². The first kappa shape index (κ1) is 21.5. The summed E-state index contributed by atoms with van der Waals surface area (Å²) in [5, 5.41) is 2.82. The SMILES string of the molecule is COCc1cccc(C(=O)Nc2ccc(C)c(S(=O)(=O)N3CCCCCC3)c2)c1. The summed E-state index contributed by atoms with van der Waals surface area (Å²) in [6.45, 7) is 3.30. The van der Waals surface area contributed by atoms with Crippen molar-refractivity contribution in [2.45, 2.75) is 44.1 Å². The van der Waals surface area contributed by atoms with Gasteiger partial charge in [-0.25, -0.2) is 8.42 Å². The van der Waals surface area contributed by atoms with Gasteiger partial charge >= 0.3 is 0 Å². The van der Waals surface area contributed by atoms with Crippen LogP contribution in [0.3, 0.4) is 0 Å². The van der Waals surface area contributed by atoms with E-state index in [2.05, 4.69) is 5.32 Å². The van der Waals surface area contributed by atoms with E-state index in [1.54, 1.807) is 54.7 Å². The van der Waals surface area contributed by atoms with Crippen molar-refractivity contribution in [2.24, 2.45) is 0 Å². The van der Waals surface area contributed by atoms with E-state index in [-0.39, 0.29) is 10.8 Å². The number of nitrogens with zero attached hydrogens (tertiary/aromatic N) is 1. The van der Waals surface area contributed by atoms with Crippen molar-refractivity contribution < 1.29 is 17.9 Å². The van der Waals surface area contributed by atoms with E-state index in [4.69, 9.17) is 4.74 Å². The number of benzene rings is 2. The molecule has 1 heterocycles. The minimum Gasteiger partial charge on any atom is -0.380 e. The van der Waals surface area contributed by atoms with Gasteiger partial charge in [0.2, 0.25) is 10.0 Å². The second-order valence-electron chi connectivity index (χ2n) is 7.39. The van der Waals surface area contributed by atoms with Crippen LogP contribution in [0, 0.1) is 6.92 Å². The maximum atomic E-state index is 13.2. The van der Waals surface area contributed by atoms with Gasteiger partial charge in [0.15, 0.2) is 0 Å². The molecule has 1 N–H and O–H groups in total. The highest BCUT2D eigenvalue weighted by molar-refractivity contribution is 7.89. The summed E-state index contributed by atoms with van der Waals surface area (Å²) >= 11 is 0. The number of carbonyl (C=O) groups excluding carboxylic acids is 1. The molecule has 1 aliphatic rings. The van der Waals surface area contributed by atoms with Crippen LogP contribution in [-0.4, -0.2) is 38.8 Å². The molecule has 0 aliphatic carbocycles. The number of methoxy groups -OCH3 is 1. The number of nitrogens with one attached hydrogen (secondary N) is 1. The Morgan fingerprint density at radius 3 is 2.48 bits per heavy atom. The second kappa shape index (κ2) is 9.52. The van der Waals surface area contributed by atoms with Gasteiger partial charge in [0.05, 0.1) is 11.5 Å². The average molecular weight is 417 g/mol. The number of aryl methyl sites for hydroxylation is 1. The summed E-state index contributed by atoms with van der Waals surface area (Å²) in [5.74, 6) is -0.287. The molecule has 156 valence electrons. The van der Waals surface area contributed by atoms with Gasteiger partial charge in [-0.3, -0.25) is 4.79 Å². The lowest BCUT2D eigenvalue weighted by atomic mass is 10.1. The third kappa shape index (κ3) is 5.23. The third-order valence-electron chi connectivity index (χ3n) is 5.13. The van der Waals surface area contributed by atoms with Crippen LogP contribution in [0.15, 0.2) is 47.4 Å². The lowest BCUT2D eigenvalue weighted by molar-refractivity contribution is 0.102. The zero-order valence-corrected chi connectivity index (χ0v) is 17.8. The minimum atomic E-state index is -3.59. The van der Waals surface area contributed by atoms with Crippen molar-refractivity contribution in [3.8, 4) is 0 Å². The number of ether oxygens (including phenoxy) is 1. The van der Waals surface area contributed by atoms with E-state index in [1.807, 2.05) is 6.07 Å². The molecular formula is C22H28N2O4S. The van der Waals surface area contributed by atoms with Gasteiger partial charge in [-0.15, -0.1) is 0 Å². The molecule has 0 radical (unpaired) electrons. The van der Waals surface area contributed by atoms with E-state index >= 15 is 0 Å². The van der Waals surface area contributed by atoms with Crippen molar-refractivity contribution >= 4 is 21.6 Å². The maximum absolute atomic E-state index is 13.2. The molecule has 1 fully saturated rings. The number of sulfonamides is 1. The summed E-state index contributed by atoms with van der Waals surface area (Å²) in [5.41, 5.74) is 2.53. The highest BCUT2D eigenvalue weighted by Gasteiger charge is 2.27. The van der Waals surface area contributed by atoms with E-state index in [9.17, 15) is 13.2 Å². The van der Waals surface area contributed by atoms with E-state index in [1.165, 1.54) is 0 Å². The molecule has 0 bridgehead atoms. The van der Waals surface area contributed by atoms with Crippen LogP contribution in [-0.2, 0) is 21.4 Å². The van der Waals surface area contributed by atoms with Crippen LogP contribution < -0.4 is 5.32 Å². The molecule has 0 unspecified atom stereocenters. The van der Waals surface area contributed by atoms with Crippen molar-refractivity contribution in [3.63, 3.8) is 0 Å². The van der Waals surface area contributed by atoms with Gasteiger partial charge in [-0.05, 0) is 55.2 Å². The fourth-order valence-electron chi connectivity index (χ4n) is 3.55. The van der Waals surface area contributed by atoms with E-state index in [0.29, 0.717) is 36.5 Å². The van der Waals surface area contributed by atoms with Crippen LogP contribution in [0.5, 0.6) is 0 Å². The summed E-state index contributed by atoms with van der Waals surface area (Å²) in [7, 11) is -1.99. The van der Waals surface area contributed by atoms with Crippen LogP contribution in [0.25, 0.3) is 0 Å².